The lowest BCUT2D eigenvalue weighted by Gasteiger charge is -2.16. The smallest absolute Gasteiger partial charge is 0.261 e. The zero-order chi connectivity index (χ0) is 12.7. The number of anilines is 1. The van der Waals surface area contributed by atoms with Gasteiger partial charge in [-0.1, -0.05) is 5.92 Å². The lowest BCUT2D eigenvalue weighted by Crippen LogP contribution is -2.24. The molecule has 0 saturated heterocycles. The largest absolute Gasteiger partial charge is 0.381 e. The van der Waals surface area contributed by atoms with Crippen molar-refractivity contribution in [3.05, 3.63) is 16.5 Å². The second kappa shape index (κ2) is 3.91. The molecule has 1 aliphatic carbocycles. The Morgan fingerprint density at radius 2 is 2.18 bits per heavy atom. The van der Waals surface area contributed by atoms with Crippen molar-refractivity contribution < 1.29 is 8.78 Å². The standard InChI is InChI=1S/C11H10BrF2N3/c1-10(13,14)11(4-5-11)3-2-7-9(15)17-8(12)6-16-7/h6H,4-5H2,1H3,(H2,15,17). The molecule has 0 radical (unpaired) electrons. The second-order valence-corrected chi connectivity index (χ2v) is 4.96. The number of alkyl halides is 2. The predicted molar refractivity (Wildman–Crippen MR) is 63.3 cm³/mol. The molecule has 0 aromatic carbocycles. The lowest BCUT2D eigenvalue weighted by atomic mass is 10.0. The molecule has 90 valence electrons. The van der Waals surface area contributed by atoms with E-state index in [4.69, 9.17) is 5.73 Å². The van der Waals surface area contributed by atoms with Crippen LogP contribution in [0.4, 0.5) is 14.6 Å². The van der Waals surface area contributed by atoms with Gasteiger partial charge in [0.2, 0.25) is 0 Å². The summed E-state index contributed by atoms with van der Waals surface area (Å²) in [6.45, 7) is 0.894. The highest BCUT2D eigenvalue weighted by atomic mass is 79.9. The van der Waals surface area contributed by atoms with Gasteiger partial charge in [-0.3, -0.25) is 0 Å². The second-order valence-electron chi connectivity index (χ2n) is 4.15. The average molecular weight is 302 g/mol. The first-order valence-electron chi connectivity index (χ1n) is 5.03. The zero-order valence-corrected chi connectivity index (χ0v) is 10.7. The van der Waals surface area contributed by atoms with Crippen molar-refractivity contribution in [2.45, 2.75) is 25.7 Å². The summed E-state index contributed by atoms with van der Waals surface area (Å²) in [6.07, 6.45) is 2.25. The van der Waals surface area contributed by atoms with Crippen molar-refractivity contribution >= 4 is 21.7 Å². The number of rotatable bonds is 1. The molecule has 6 heteroatoms. The van der Waals surface area contributed by atoms with E-state index in [9.17, 15) is 8.78 Å². The molecule has 0 spiro atoms. The molecule has 1 heterocycles. The maximum Gasteiger partial charge on any atom is 0.261 e. The summed E-state index contributed by atoms with van der Waals surface area (Å²) < 4.78 is 27.0. The number of halogens is 3. The highest BCUT2D eigenvalue weighted by Gasteiger charge is 2.58. The molecule has 1 aromatic heterocycles. The Morgan fingerprint density at radius 1 is 1.53 bits per heavy atom. The van der Waals surface area contributed by atoms with Gasteiger partial charge in [-0.25, -0.2) is 18.7 Å². The molecule has 0 amide bonds. The number of nitrogen functional groups attached to an aromatic ring is 1. The molecule has 0 bridgehead atoms. The Kier molecular flexibility index (Phi) is 2.82. The molecule has 17 heavy (non-hydrogen) atoms. The van der Waals surface area contributed by atoms with Gasteiger partial charge in [0.1, 0.15) is 4.60 Å². The summed E-state index contributed by atoms with van der Waals surface area (Å²) in [5.74, 6) is 2.54. The molecule has 1 aliphatic rings. The normalized spacial score (nSPS) is 17.2. The fraction of sp³-hybridized carbons (Fsp3) is 0.455. The third-order valence-electron chi connectivity index (χ3n) is 2.78. The molecule has 0 atom stereocenters. The fourth-order valence-corrected chi connectivity index (χ4v) is 1.75. The van der Waals surface area contributed by atoms with Crippen molar-refractivity contribution in [3.63, 3.8) is 0 Å². The summed E-state index contributed by atoms with van der Waals surface area (Å²) >= 11 is 3.11. The van der Waals surface area contributed by atoms with Gasteiger partial charge in [-0.05, 0) is 34.7 Å². The maximum absolute atomic E-state index is 13.3. The van der Waals surface area contributed by atoms with Gasteiger partial charge >= 0.3 is 0 Å². The van der Waals surface area contributed by atoms with Crippen LogP contribution >= 0.6 is 15.9 Å². The van der Waals surface area contributed by atoms with E-state index in [1.54, 1.807) is 0 Å². The van der Waals surface area contributed by atoms with Crippen LogP contribution in [0.25, 0.3) is 0 Å². The van der Waals surface area contributed by atoms with Crippen LogP contribution in [0.2, 0.25) is 0 Å². The zero-order valence-electron chi connectivity index (χ0n) is 9.10. The van der Waals surface area contributed by atoms with Gasteiger partial charge in [-0.2, -0.15) is 0 Å². The fourth-order valence-electron chi connectivity index (χ4n) is 1.45. The van der Waals surface area contributed by atoms with Crippen LogP contribution in [0.3, 0.4) is 0 Å². The van der Waals surface area contributed by atoms with E-state index >= 15 is 0 Å². The highest BCUT2D eigenvalue weighted by Crippen LogP contribution is 2.56. The topological polar surface area (TPSA) is 51.8 Å². The monoisotopic (exact) mass is 301 g/mol. The van der Waals surface area contributed by atoms with Gasteiger partial charge in [0.25, 0.3) is 5.92 Å². The number of nitrogens with zero attached hydrogens (tertiary/aromatic N) is 2. The first-order chi connectivity index (χ1) is 7.84. The third kappa shape index (κ3) is 2.39. The Hall–Kier alpha value is -1.22. The van der Waals surface area contributed by atoms with Gasteiger partial charge in [-0.15, -0.1) is 0 Å². The summed E-state index contributed by atoms with van der Waals surface area (Å²) in [4.78, 5) is 7.84. The van der Waals surface area contributed by atoms with E-state index in [-0.39, 0.29) is 11.5 Å². The Balaban J connectivity index is 2.28. The number of aromatic nitrogens is 2. The van der Waals surface area contributed by atoms with Crippen LogP contribution in [0.5, 0.6) is 0 Å². The van der Waals surface area contributed by atoms with Crippen molar-refractivity contribution in [1.29, 1.82) is 0 Å². The average Bonchev–Trinajstić information content (AvgIpc) is 2.96. The van der Waals surface area contributed by atoms with Crippen LogP contribution in [0, 0.1) is 17.3 Å². The van der Waals surface area contributed by atoms with Crippen LogP contribution < -0.4 is 5.73 Å². The molecule has 1 aromatic rings. The highest BCUT2D eigenvalue weighted by molar-refractivity contribution is 9.10. The molecule has 2 rings (SSSR count). The van der Waals surface area contributed by atoms with E-state index < -0.39 is 11.3 Å². The minimum absolute atomic E-state index is 0.141. The Labute approximate surface area is 106 Å². The molecular weight excluding hydrogens is 292 g/mol. The van der Waals surface area contributed by atoms with E-state index in [0.717, 1.165) is 6.92 Å². The van der Waals surface area contributed by atoms with Crippen molar-refractivity contribution in [3.8, 4) is 11.8 Å². The van der Waals surface area contributed by atoms with Crippen molar-refractivity contribution in [2.75, 3.05) is 5.73 Å². The summed E-state index contributed by atoms with van der Waals surface area (Å²) in [7, 11) is 0. The van der Waals surface area contributed by atoms with E-state index in [1.165, 1.54) is 6.20 Å². The number of nitrogens with two attached hydrogens (primary N) is 1. The van der Waals surface area contributed by atoms with E-state index in [1.807, 2.05) is 0 Å². The quantitative estimate of drug-likeness (QED) is 0.811. The van der Waals surface area contributed by atoms with E-state index in [2.05, 4.69) is 37.7 Å². The summed E-state index contributed by atoms with van der Waals surface area (Å²) in [6, 6.07) is 0. The molecular formula is C11H10BrF2N3. The summed E-state index contributed by atoms with van der Waals surface area (Å²) in [5.41, 5.74) is 4.63. The molecule has 1 saturated carbocycles. The first-order valence-corrected chi connectivity index (χ1v) is 5.82. The van der Waals surface area contributed by atoms with Gasteiger partial charge in [0.05, 0.1) is 11.6 Å². The number of hydrogen-bond acceptors (Lipinski definition) is 3. The number of hydrogen-bond donors (Lipinski definition) is 1. The molecule has 0 unspecified atom stereocenters. The van der Waals surface area contributed by atoms with Crippen LogP contribution in [-0.2, 0) is 0 Å². The predicted octanol–water partition coefficient (Wildman–Crippen LogP) is 2.61. The van der Waals surface area contributed by atoms with Crippen LogP contribution in [-0.4, -0.2) is 15.9 Å². The Bertz CT molecular complexity index is 510. The maximum atomic E-state index is 13.3. The molecule has 2 N–H and O–H groups in total. The van der Waals surface area contributed by atoms with E-state index in [0.29, 0.717) is 17.4 Å². The SMILES string of the molecule is CC(F)(F)C1(C#Cc2ncc(Br)nc2N)CC1. The molecule has 0 aliphatic heterocycles. The molecule has 1 fully saturated rings. The van der Waals surface area contributed by atoms with Crippen LogP contribution in [0.1, 0.15) is 25.5 Å². The molecule has 3 nitrogen and oxygen atoms in total. The van der Waals surface area contributed by atoms with Crippen LogP contribution in [0.15, 0.2) is 10.8 Å². The third-order valence-corrected chi connectivity index (χ3v) is 3.16. The minimum Gasteiger partial charge on any atom is -0.381 e. The van der Waals surface area contributed by atoms with Gasteiger partial charge < -0.3 is 5.73 Å². The first kappa shape index (κ1) is 12.2. The minimum atomic E-state index is -2.79. The van der Waals surface area contributed by atoms with Gasteiger partial charge in [0, 0.05) is 6.92 Å². The summed E-state index contributed by atoms with van der Waals surface area (Å²) in [5, 5.41) is 0. The van der Waals surface area contributed by atoms with Crippen molar-refractivity contribution in [2.24, 2.45) is 5.41 Å². The Morgan fingerprint density at radius 3 is 2.65 bits per heavy atom. The lowest BCUT2D eigenvalue weighted by molar-refractivity contribution is -0.0294. The van der Waals surface area contributed by atoms with Gasteiger partial charge in [0.15, 0.2) is 11.5 Å². The van der Waals surface area contributed by atoms with Crippen molar-refractivity contribution in [1.82, 2.24) is 9.97 Å².